The maximum atomic E-state index is 10.7. The molecule has 0 spiro atoms. The van der Waals surface area contributed by atoms with Gasteiger partial charge in [0.1, 0.15) is 0 Å². The molecule has 1 aromatic carbocycles. The van der Waals surface area contributed by atoms with E-state index in [1.54, 1.807) is 5.56 Å². The number of hydrogen-bond acceptors (Lipinski definition) is 1. The van der Waals surface area contributed by atoms with E-state index in [1.807, 2.05) is 0 Å². The van der Waals surface area contributed by atoms with Crippen molar-refractivity contribution in [1.29, 1.82) is 0 Å². The Morgan fingerprint density at radius 1 is 0.821 bits per heavy atom. The number of aliphatic hydroxyl groups is 1. The summed E-state index contributed by atoms with van der Waals surface area (Å²) in [5.74, 6) is 4.43. The lowest BCUT2D eigenvalue weighted by Gasteiger charge is -2.62. The van der Waals surface area contributed by atoms with Gasteiger partial charge in [-0.3, -0.25) is 0 Å². The Kier molecular flexibility index (Phi) is 4.51. The predicted molar refractivity (Wildman–Crippen MR) is 116 cm³/mol. The minimum absolute atomic E-state index is 0.408. The lowest BCUT2D eigenvalue weighted by Crippen LogP contribution is -2.55. The minimum Gasteiger partial charge on any atom is -0.390 e. The molecule has 5 rings (SSSR count). The molecule has 1 heteroatoms. The van der Waals surface area contributed by atoms with E-state index < -0.39 is 5.60 Å². The highest BCUT2D eigenvalue weighted by Gasteiger charge is 2.60. The Labute approximate surface area is 172 Å². The van der Waals surface area contributed by atoms with Crippen molar-refractivity contribution in [3.63, 3.8) is 0 Å². The first-order chi connectivity index (χ1) is 13.3. The molecule has 8 atom stereocenters. The van der Waals surface area contributed by atoms with Gasteiger partial charge in [-0.25, -0.2) is 0 Å². The Morgan fingerprint density at radius 2 is 1.57 bits per heavy atom. The Morgan fingerprint density at radius 3 is 2.36 bits per heavy atom. The largest absolute Gasteiger partial charge is 0.390 e. The number of hydrogen-bond donors (Lipinski definition) is 1. The molecule has 4 aliphatic rings. The predicted octanol–water partition coefficient (Wildman–Crippen LogP) is 6.64. The van der Waals surface area contributed by atoms with E-state index in [9.17, 15) is 5.11 Å². The maximum absolute atomic E-state index is 10.7. The third kappa shape index (κ3) is 2.91. The molecule has 4 aliphatic carbocycles. The van der Waals surface area contributed by atoms with Crippen LogP contribution >= 0.6 is 0 Å². The van der Waals surface area contributed by atoms with Crippen LogP contribution in [0, 0.1) is 40.4 Å². The Balaban J connectivity index is 1.37. The van der Waals surface area contributed by atoms with Crippen molar-refractivity contribution in [3.8, 4) is 0 Å². The summed E-state index contributed by atoms with van der Waals surface area (Å²) in [4.78, 5) is 0. The Bertz CT molecular complexity index is 708. The van der Waals surface area contributed by atoms with Crippen molar-refractivity contribution < 1.29 is 5.11 Å². The van der Waals surface area contributed by atoms with Gasteiger partial charge in [-0.15, -0.1) is 0 Å². The SMILES string of the molecule is C[C@@]1(O)CC[C@@]2(C)[C@@H](CC[C@@H]3[C@@H]2CC[C@]2(C)[C@@H](Cc4ccccc4)CC[C@@H]32)C1. The van der Waals surface area contributed by atoms with Crippen LogP contribution in [0.5, 0.6) is 0 Å². The molecule has 1 N–H and O–H groups in total. The minimum atomic E-state index is -0.408. The van der Waals surface area contributed by atoms with Gasteiger partial charge < -0.3 is 5.11 Å². The maximum Gasteiger partial charge on any atom is 0.0622 e. The van der Waals surface area contributed by atoms with Crippen LogP contribution in [0.3, 0.4) is 0 Å². The van der Waals surface area contributed by atoms with Crippen LogP contribution in [0.25, 0.3) is 0 Å². The van der Waals surface area contributed by atoms with E-state index >= 15 is 0 Å². The van der Waals surface area contributed by atoms with Gasteiger partial charge in [0, 0.05) is 0 Å². The number of rotatable bonds is 2. The standard InChI is InChI=1S/C27H40O/c1-25(28)15-16-27(3)21(18-25)9-11-22-23-12-10-20(17-19-7-5-4-6-8-19)26(23,2)14-13-24(22)27/h4-8,20-24,28H,9-18H2,1-3H3/t20-,21+,22+,23+,24+,25-,26-,27+/m1/s1. The molecule has 0 radical (unpaired) electrons. The molecule has 1 aromatic rings. The molecule has 0 unspecified atom stereocenters. The molecule has 28 heavy (non-hydrogen) atoms. The van der Waals surface area contributed by atoms with Crippen molar-refractivity contribution in [2.24, 2.45) is 40.4 Å². The lowest BCUT2D eigenvalue weighted by atomic mass is 9.44. The van der Waals surface area contributed by atoms with E-state index in [0.717, 1.165) is 42.4 Å². The monoisotopic (exact) mass is 380 g/mol. The fraction of sp³-hybridized carbons (Fsp3) is 0.778. The highest BCUT2D eigenvalue weighted by atomic mass is 16.3. The molecule has 0 aliphatic heterocycles. The fourth-order valence-electron chi connectivity index (χ4n) is 8.77. The average Bonchev–Trinajstić information content (AvgIpc) is 2.99. The van der Waals surface area contributed by atoms with Gasteiger partial charge in [0.2, 0.25) is 0 Å². The van der Waals surface area contributed by atoms with Crippen LogP contribution < -0.4 is 0 Å². The van der Waals surface area contributed by atoms with E-state index in [0.29, 0.717) is 10.8 Å². The van der Waals surface area contributed by atoms with E-state index in [2.05, 4.69) is 51.1 Å². The van der Waals surface area contributed by atoms with Crippen LogP contribution in [0.4, 0.5) is 0 Å². The van der Waals surface area contributed by atoms with Gasteiger partial charge in [0.15, 0.2) is 0 Å². The molecule has 4 fully saturated rings. The summed E-state index contributed by atoms with van der Waals surface area (Å²) in [5, 5.41) is 10.7. The van der Waals surface area contributed by atoms with E-state index in [-0.39, 0.29) is 0 Å². The molecular weight excluding hydrogens is 340 g/mol. The molecular formula is C27H40O. The van der Waals surface area contributed by atoms with Crippen LogP contribution in [0.2, 0.25) is 0 Å². The summed E-state index contributed by atoms with van der Waals surface area (Å²) in [6, 6.07) is 11.2. The van der Waals surface area contributed by atoms with E-state index in [1.165, 1.54) is 51.4 Å². The van der Waals surface area contributed by atoms with Crippen molar-refractivity contribution in [1.82, 2.24) is 0 Å². The summed E-state index contributed by atoms with van der Waals surface area (Å²) in [6.45, 7) is 7.36. The zero-order chi connectivity index (χ0) is 19.6. The van der Waals surface area contributed by atoms with Gasteiger partial charge in [-0.2, -0.15) is 0 Å². The van der Waals surface area contributed by atoms with Crippen LogP contribution in [0.1, 0.15) is 84.1 Å². The summed E-state index contributed by atoms with van der Waals surface area (Å²) in [5.41, 5.74) is 2.18. The second-order valence-corrected chi connectivity index (χ2v) is 11.9. The van der Waals surface area contributed by atoms with Gasteiger partial charge in [0.05, 0.1) is 5.60 Å². The zero-order valence-electron chi connectivity index (χ0n) is 18.3. The van der Waals surface area contributed by atoms with E-state index in [4.69, 9.17) is 0 Å². The van der Waals surface area contributed by atoms with Crippen LogP contribution in [-0.4, -0.2) is 10.7 Å². The van der Waals surface area contributed by atoms with Crippen molar-refractivity contribution in [2.45, 2.75) is 90.6 Å². The van der Waals surface area contributed by atoms with Gasteiger partial charge in [-0.1, -0.05) is 44.2 Å². The highest BCUT2D eigenvalue weighted by molar-refractivity contribution is 5.18. The Hall–Kier alpha value is -0.820. The van der Waals surface area contributed by atoms with Crippen molar-refractivity contribution >= 4 is 0 Å². The van der Waals surface area contributed by atoms with Gasteiger partial charge >= 0.3 is 0 Å². The molecule has 0 heterocycles. The second kappa shape index (κ2) is 6.59. The molecule has 4 saturated carbocycles. The van der Waals surface area contributed by atoms with Crippen molar-refractivity contribution in [3.05, 3.63) is 35.9 Å². The molecule has 0 aromatic heterocycles. The summed E-state index contributed by atoms with van der Waals surface area (Å²) in [7, 11) is 0. The van der Waals surface area contributed by atoms with Crippen LogP contribution in [-0.2, 0) is 6.42 Å². The number of benzene rings is 1. The zero-order valence-corrected chi connectivity index (χ0v) is 18.3. The van der Waals surface area contributed by atoms with Crippen molar-refractivity contribution in [2.75, 3.05) is 0 Å². The highest BCUT2D eigenvalue weighted by Crippen LogP contribution is 2.68. The smallest absolute Gasteiger partial charge is 0.0622 e. The first kappa shape index (κ1) is 19.2. The lowest BCUT2D eigenvalue weighted by molar-refractivity contribution is -0.146. The van der Waals surface area contributed by atoms with Gasteiger partial charge in [0.25, 0.3) is 0 Å². The second-order valence-electron chi connectivity index (χ2n) is 11.9. The first-order valence-electron chi connectivity index (χ1n) is 12.1. The van der Waals surface area contributed by atoms with Gasteiger partial charge in [-0.05, 0) is 117 Å². The summed E-state index contributed by atoms with van der Waals surface area (Å²) in [6.07, 6.45) is 13.2. The van der Waals surface area contributed by atoms with Crippen LogP contribution in [0.15, 0.2) is 30.3 Å². The molecule has 0 bridgehead atoms. The third-order valence-electron chi connectivity index (χ3n) is 10.5. The topological polar surface area (TPSA) is 20.2 Å². The summed E-state index contributed by atoms with van der Waals surface area (Å²) < 4.78 is 0. The normalized spacial score (nSPS) is 50.5. The molecule has 0 amide bonds. The quantitative estimate of drug-likeness (QED) is 0.610. The molecule has 154 valence electrons. The third-order valence-corrected chi connectivity index (χ3v) is 10.5. The molecule has 0 saturated heterocycles. The average molecular weight is 381 g/mol. The molecule has 1 nitrogen and oxygen atoms in total. The first-order valence-corrected chi connectivity index (χ1v) is 12.1. The summed E-state index contributed by atoms with van der Waals surface area (Å²) >= 11 is 0. The number of fused-ring (bicyclic) bond motifs is 5. The fourth-order valence-corrected chi connectivity index (χ4v) is 8.77.